The summed E-state index contributed by atoms with van der Waals surface area (Å²) in [5.41, 5.74) is 1.36. The van der Waals surface area contributed by atoms with Gasteiger partial charge in [0.05, 0.1) is 11.6 Å². The molecule has 2 heterocycles. The van der Waals surface area contributed by atoms with Gasteiger partial charge < -0.3 is 14.5 Å². The van der Waals surface area contributed by atoms with Crippen molar-refractivity contribution in [1.29, 1.82) is 0 Å². The summed E-state index contributed by atoms with van der Waals surface area (Å²) in [7, 11) is 4.03. The fourth-order valence-electron chi connectivity index (χ4n) is 2.98. The van der Waals surface area contributed by atoms with E-state index < -0.39 is 0 Å². The molecule has 0 bridgehead atoms. The van der Waals surface area contributed by atoms with E-state index in [0.717, 1.165) is 36.9 Å². The van der Waals surface area contributed by atoms with Crippen LogP contribution in [-0.2, 0) is 4.74 Å². The predicted octanol–water partition coefficient (Wildman–Crippen LogP) is 2.42. The number of hydrogen-bond donors (Lipinski definition) is 0. The molecule has 0 radical (unpaired) electrons. The van der Waals surface area contributed by atoms with Crippen molar-refractivity contribution >= 4 is 16.8 Å². The maximum atomic E-state index is 13.0. The van der Waals surface area contributed by atoms with Gasteiger partial charge in [0.15, 0.2) is 0 Å². The van der Waals surface area contributed by atoms with Crippen molar-refractivity contribution in [3.63, 3.8) is 0 Å². The van der Waals surface area contributed by atoms with Crippen LogP contribution in [0.25, 0.3) is 10.9 Å². The number of amides is 1. The Balaban J connectivity index is 1.79. The summed E-state index contributed by atoms with van der Waals surface area (Å²) >= 11 is 0. The van der Waals surface area contributed by atoms with E-state index >= 15 is 0 Å². The summed E-state index contributed by atoms with van der Waals surface area (Å²) in [4.78, 5) is 21.5. The van der Waals surface area contributed by atoms with E-state index in [0.29, 0.717) is 18.8 Å². The average molecular weight is 327 g/mol. The Kier molecular flexibility index (Phi) is 5.43. The first kappa shape index (κ1) is 16.9. The molecule has 1 amide bonds. The predicted molar refractivity (Wildman–Crippen MR) is 95.2 cm³/mol. The molecule has 0 aliphatic carbocycles. The fourth-order valence-corrected chi connectivity index (χ4v) is 2.98. The molecule has 1 fully saturated rings. The van der Waals surface area contributed by atoms with Gasteiger partial charge in [-0.1, -0.05) is 24.3 Å². The average Bonchev–Trinajstić information content (AvgIpc) is 3.10. The van der Waals surface area contributed by atoms with Gasteiger partial charge in [0.2, 0.25) is 0 Å². The molecule has 5 nitrogen and oxygen atoms in total. The van der Waals surface area contributed by atoms with Crippen LogP contribution in [0.1, 0.15) is 23.3 Å². The second-order valence-corrected chi connectivity index (χ2v) is 6.58. The van der Waals surface area contributed by atoms with Crippen LogP contribution in [-0.4, -0.2) is 67.1 Å². The Morgan fingerprint density at radius 3 is 2.79 bits per heavy atom. The second-order valence-electron chi connectivity index (χ2n) is 6.58. The minimum atomic E-state index is -0.0156. The van der Waals surface area contributed by atoms with E-state index in [1.54, 1.807) is 0 Å². The third-order valence-electron chi connectivity index (χ3n) is 4.37. The molecule has 1 aromatic heterocycles. The molecule has 0 N–H and O–H groups in total. The topological polar surface area (TPSA) is 45.7 Å². The minimum absolute atomic E-state index is 0.0156. The highest BCUT2D eigenvalue weighted by atomic mass is 16.5. The minimum Gasteiger partial charge on any atom is -0.376 e. The number of pyridine rings is 1. The van der Waals surface area contributed by atoms with Gasteiger partial charge in [0, 0.05) is 31.6 Å². The van der Waals surface area contributed by atoms with E-state index in [1.807, 2.05) is 55.4 Å². The van der Waals surface area contributed by atoms with Crippen molar-refractivity contribution in [2.24, 2.45) is 0 Å². The molecule has 2 aromatic rings. The first-order valence-electron chi connectivity index (χ1n) is 8.55. The lowest BCUT2D eigenvalue weighted by Crippen LogP contribution is -2.41. The van der Waals surface area contributed by atoms with E-state index in [4.69, 9.17) is 4.74 Å². The Labute approximate surface area is 143 Å². The number of likely N-dealkylation sites (N-methyl/N-ethyl adjacent to an activating group) is 1. The molecule has 0 saturated carbocycles. The van der Waals surface area contributed by atoms with Gasteiger partial charge in [-0.2, -0.15) is 0 Å². The standard InChI is InChI=1S/C19H25N3O2/c1-21(2)11-12-22(14-16-7-5-13-24-16)19(23)18-10-9-15-6-3-4-8-17(15)20-18/h3-4,6,8-10,16H,5,7,11-14H2,1-2H3/t16-/m0/s1. The van der Waals surface area contributed by atoms with Crippen LogP contribution in [0.2, 0.25) is 0 Å². The molecule has 128 valence electrons. The first-order chi connectivity index (χ1) is 11.6. The summed E-state index contributed by atoms with van der Waals surface area (Å²) in [5.74, 6) is -0.0156. The molecule has 1 aromatic carbocycles. The van der Waals surface area contributed by atoms with Gasteiger partial charge in [-0.25, -0.2) is 4.98 Å². The van der Waals surface area contributed by atoms with Gasteiger partial charge in [-0.05, 0) is 39.1 Å². The Morgan fingerprint density at radius 2 is 2.04 bits per heavy atom. The first-order valence-corrected chi connectivity index (χ1v) is 8.55. The lowest BCUT2D eigenvalue weighted by molar-refractivity contribution is 0.0508. The number of rotatable bonds is 6. The SMILES string of the molecule is CN(C)CCN(C[C@@H]1CCCO1)C(=O)c1ccc2ccccc2n1. The summed E-state index contributed by atoms with van der Waals surface area (Å²) < 4.78 is 5.72. The van der Waals surface area contributed by atoms with Gasteiger partial charge in [0.25, 0.3) is 5.91 Å². The molecule has 0 spiro atoms. The molecule has 24 heavy (non-hydrogen) atoms. The zero-order valence-electron chi connectivity index (χ0n) is 14.4. The quantitative estimate of drug-likeness (QED) is 0.817. The molecule has 0 unspecified atom stereocenters. The van der Waals surface area contributed by atoms with Crippen molar-refractivity contribution in [3.8, 4) is 0 Å². The van der Waals surface area contributed by atoms with Gasteiger partial charge >= 0.3 is 0 Å². The number of aromatic nitrogens is 1. The molecule has 1 aliphatic heterocycles. The van der Waals surface area contributed by atoms with Crippen molar-refractivity contribution in [1.82, 2.24) is 14.8 Å². The molecule has 1 saturated heterocycles. The van der Waals surface area contributed by atoms with E-state index in [-0.39, 0.29) is 12.0 Å². The lowest BCUT2D eigenvalue weighted by Gasteiger charge is -2.26. The largest absolute Gasteiger partial charge is 0.376 e. The number of fused-ring (bicyclic) bond motifs is 1. The molecule has 1 atom stereocenters. The van der Waals surface area contributed by atoms with E-state index in [2.05, 4.69) is 9.88 Å². The number of para-hydroxylation sites is 1. The molecular formula is C19H25N3O2. The number of hydrogen-bond acceptors (Lipinski definition) is 4. The summed E-state index contributed by atoms with van der Waals surface area (Å²) in [6.45, 7) is 2.95. The number of benzene rings is 1. The zero-order chi connectivity index (χ0) is 16.9. The van der Waals surface area contributed by atoms with Crippen LogP contribution in [0, 0.1) is 0 Å². The number of carbonyl (C=O) groups is 1. The smallest absolute Gasteiger partial charge is 0.272 e. The normalized spacial score (nSPS) is 17.5. The maximum absolute atomic E-state index is 13.0. The molecule has 3 rings (SSSR count). The summed E-state index contributed by atoms with van der Waals surface area (Å²) in [6.07, 6.45) is 2.25. The van der Waals surface area contributed by atoms with Gasteiger partial charge in [0.1, 0.15) is 5.69 Å². The molecule has 5 heteroatoms. The van der Waals surface area contributed by atoms with Crippen LogP contribution in [0.4, 0.5) is 0 Å². The van der Waals surface area contributed by atoms with Crippen LogP contribution in [0.3, 0.4) is 0 Å². The highest BCUT2D eigenvalue weighted by molar-refractivity contribution is 5.94. The van der Waals surface area contributed by atoms with Crippen molar-refractivity contribution < 1.29 is 9.53 Å². The highest BCUT2D eigenvalue weighted by Gasteiger charge is 2.24. The van der Waals surface area contributed by atoms with Crippen LogP contribution < -0.4 is 0 Å². The van der Waals surface area contributed by atoms with Crippen molar-refractivity contribution in [2.75, 3.05) is 40.3 Å². The maximum Gasteiger partial charge on any atom is 0.272 e. The van der Waals surface area contributed by atoms with E-state index in [1.165, 1.54) is 0 Å². The Bertz CT molecular complexity index is 696. The van der Waals surface area contributed by atoms with E-state index in [9.17, 15) is 4.79 Å². The van der Waals surface area contributed by atoms with Crippen molar-refractivity contribution in [2.45, 2.75) is 18.9 Å². The number of ether oxygens (including phenoxy) is 1. The number of nitrogens with zero attached hydrogens (tertiary/aromatic N) is 3. The van der Waals surface area contributed by atoms with Gasteiger partial charge in [-0.3, -0.25) is 4.79 Å². The van der Waals surface area contributed by atoms with Crippen LogP contribution >= 0.6 is 0 Å². The van der Waals surface area contributed by atoms with Crippen LogP contribution in [0.5, 0.6) is 0 Å². The lowest BCUT2D eigenvalue weighted by atomic mass is 10.2. The summed E-state index contributed by atoms with van der Waals surface area (Å²) in [5, 5.41) is 1.05. The monoisotopic (exact) mass is 327 g/mol. The number of carbonyl (C=O) groups excluding carboxylic acids is 1. The molecule has 1 aliphatic rings. The van der Waals surface area contributed by atoms with Crippen molar-refractivity contribution in [3.05, 3.63) is 42.1 Å². The zero-order valence-corrected chi connectivity index (χ0v) is 14.4. The Morgan fingerprint density at radius 1 is 1.21 bits per heavy atom. The second kappa shape index (κ2) is 7.73. The Hall–Kier alpha value is -1.98. The highest BCUT2D eigenvalue weighted by Crippen LogP contribution is 2.16. The summed E-state index contributed by atoms with van der Waals surface area (Å²) in [6, 6.07) is 11.7. The fraction of sp³-hybridized carbons (Fsp3) is 0.474. The third-order valence-corrected chi connectivity index (χ3v) is 4.37. The van der Waals surface area contributed by atoms with Gasteiger partial charge in [-0.15, -0.1) is 0 Å². The molecular weight excluding hydrogens is 302 g/mol. The third kappa shape index (κ3) is 4.10. The van der Waals surface area contributed by atoms with Crippen LogP contribution in [0.15, 0.2) is 36.4 Å².